The number of benzene rings is 2. The van der Waals surface area contributed by atoms with Gasteiger partial charge in [-0.05, 0) is 37.1 Å². The topological polar surface area (TPSA) is 121 Å². The molecule has 0 saturated carbocycles. The zero-order chi connectivity index (χ0) is 28.1. The zero-order valence-electron chi connectivity index (χ0n) is 22.6. The number of piperidine rings is 1. The van der Waals surface area contributed by atoms with E-state index >= 15 is 0 Å². The predicted octanol–water partition coefficient (Wildman–Crippen LogP) is 4.30. The predicted molar refractivity (Wildman–Crippen MR) is 159 cm³/mol. The summed E-state index contributed by atoms with van der Waals surface area (Å²) in [5.74, 6) is 1.29. The lowest BCUT2D eigenvalue weighted by atomic mass is 10.0. The van der Waals surface area contributed by atoms with Gasteiger partial charge in [0.15, 0.2) is 5.82 Å². The first-order valence-corrected chi connectivity index (χ1v) is 15.4. The van der Waals surface area contributed by atoms with Crippen molar-refractivity contribution in [2.45, 2.75) is 18.9 Å². The van der Waals surface area contributed by atoms with Crippen LogP contribution in [0.2, 0.25) is 5.02 Å². The maximum atomic E-state index is 11.8. The summed E-state index contributed by atoms with van der Waals surface area (Å²) in [5.41, 5.74) is 2.69. The van der Waals surface area contributed by atoms with Gasteiger partial charge in [-0.15, -0.1) is 0 Å². The van der Waals surface area contributed by atoms with Crippen LogP contribution < -0.4 is 25.0 Å². The number of hydrogen-bond acceptors (Lipinski definition) is 10. The third kappa shape index (κ3) is 7.05. The van der Waals surface area contributed by atoms with Gasteiger partial charge in [-0.3, -0.25) is 9.62 Å². The second kappa shape index (κ2) is 12.5. The first kappa shape index (κ1) is 28.2. The molecule has 2 saturated heterocycles. The van der Waals surface area contributed by atoms with E-state index in [-0.39, 0.29) is 5.02 Å². The first-order chi connectivity index (χ1) is 19.3. The van der Waals surface area contributed by atoms with Gasteiger partial charge in [-0.25, -0.2) is 13.4 Å². The fourth-order valence-corrected chi connectivity index (χ4v) is 5.77. The monoisotopic (exact) mass is 587 g/mol. The lowest BCUT2D eigenvalue weighted by molar-refractivity contribution is 0.0115. The number of anilines is 6. The fraction of sp³-hybridized carbons (Fsp3) is 0.407. The molecule has 3 aromatic rings. The van der Waals surface area contributed by atoms with E-state index in [0.29, 0.717) is 40.6 Å². The highest BCUT2D eigenvalue weighted by Crippen LogP contribution is 2.34. The number of hydrogen-bond donors (Lipinski definition) is 3. The van der Waals surface area contributed by atoms with E-state index in [9.17, 15) is 8.42 Å². The van der Waals surface area contributed by atoms with Gasteiger partial charge in [0.1, 0.15) is 10.8 Å². The van der Waals surface area contributed by atoms with E-state index in [1.807, 2.05) is 12.1 Å². The molecule has 40 heavy (non-hydrogen) atoms. The molecule has 214 valence electrons. The highest BCUT2D eigenvalue weighted by molar-refractivity contribution is 7.92. The summed E-state index contributed by atoms with van der Waals surface area (Å²) in [4.78, 5) is 13.8. The molecule has 13 heteroatoms. The Kier molecular flexibility index (Phi) is 8.79. The van der Waals surface area contributed by atoms with Gasteiger partial charge in [-0.1, -0.05) is 23.7 Å². The Bertz CT molecular complexity index is 1430. The molecule has 1 aromatic heterocycles. The molecule has 3 N–H and O–H groups in total. The van der Waals surface area contributed by atoms with Crippen LogP contribution in [0.4, 0.5) is 34.5 Å². The number of nitrogens with one attached hydrogen (secondary N) is 3. The average molecular weight is 588 g/mol. The van der Waals surface area contributed by atoms with Crippen molar-refractivity contribution in [3.8, 4) is 5.75 Å². The smallest absolute Gasteiger partial charge is 0.229 e. The fourth-order valence-electron chi connectivity index (χ4n) is 5.06. The second-order valence-corrected chi connectivity index (χ2v) is 12.0. The molecular weight excluding hydrogens is 554 g/mol. The lowest BCUT2D eigenvalue weighted by Gasteiger charge is -2.40. The Hall–Kier alpha value is -3.32. The standard InChI is InChI=1S/C27H34ClN7O4S/c1-38-25-17-20(34-11-9-19(10-12-34)35-13-15-39-16-14-35)7-8-24(25)31-27-29-18-21(28)26(32-27)30-22-5-3-4-6-23(22)33-40(2,36)37/h3-8,17-19,33H,9-16H2,1-2H3,(H2,29,30,31,32). The molecule has 0 spiro atoms. The largest absolute Gasteiger partial charge is 0.494 e. The van der Waals surface area contributed by atoms with Crippen molar-refractivity contribution >= 4 is 56.1 Å². The van der Waals surface area contributed by atoms with Crippen molar-refractivity contribution in [1.82, 2.24) is 14.9 Å². The summed E-state index contributed by atoms with van der Waals surface area (Å²) in [6, 6.07) is 13.6. The van der Waals surface area contributed by atoms with Crippen LogP contribution in [0.25, 0.3) is 0 Å². The minimum atomic E-state index is -3.47. The van der Waals surface area contributed by atoms with Crippen LogP contribution in [0.3, 0.4) is 0 Å². The van der Waals surface area contributed by atoms with E-state index in [4.69, 9.17) is 21.1 Å². The Morgan fingerprint density at radius 1 is 1.00 bits per heavy atom. The van der Waals surface area contributed by atoms with Crippen molar-refractivity contribution in [2.24, 2.45) is 0 Å². The molecule has 0 amide bonds. The highest BCUT2D eigenvalue weighted by Gasteiger charge is 2.26. The maximum absolute atomic E-state index is 11.8. The summed E-state index contributed by atoms with van der Waals surface area (Å²) in [7, 11) is -1.84. The number of para-hydroxylation sites is 2. The molecule has 2 aliphatic heterocycles. The lowest BCUT2D eigenvalue weighted by Crippen LogP contribution is -2.49. The quantitative estimate of drug-likeness (QED) is 0.334. The SMILES string of the molecule is COc1cc(N2CCC(N3CCOCC3)CC2)ccc1Nc1ncc(Cl)c(Nc2ccccc2NS(C)(=O)=O)n1. The molecule has 3 heterocycles. The van der Waals surface area contributed by atoms with Crippen molar-refractivity contribution in [1.29, 1.82) is 0 Å². The summed E-state index contributed by atoms with van der Waals surface area (Å²) in [6.07, 6.45) is 4.82. The van der Waals surface area contributed by atoms with Crippen molar-refractivity contribution in [2.75, 3.05) is 73.0 Å². The van der Waals surface area contributed by atoms with Gasteiger partial charge in [0, 0.05) is 44.0 Å². The Balaban J connectivity index is 1.28. The molecular formula is C27H34ClN7O4S. The molecule has 11 nitrogen and oxygen atoms in total. The van der Waals surface area contributed by atoms with Gasteiger partial charge in [0.05, 0.1) is 49.8 Å². The molecule has 2 fully saturated rings. The zero-order valence-corrected chi connectivity index (χ0v) is 24.1. The molecule has 2 aliphatic rings. The third-order valence-corrected chi connectivity index (χ3v) is 7.91. The van der Waals surface area contributed by atoms with Crippen molar-refractivity contribution < 1.29 is 17.9 Å². The maximum Gasteiger partial charge on any atom is 0.229 e. The molecule has 2 aromatic carbocycles. The summed E-state index contributed by atoms with van der Waals surface area (Å²) < 4.78 is 37.2. The van der Waals surface area contributed by atoms with Crippen LogP contribution >= 0.6 is 11.6 Å². The van der Waals surface area contributed by atoms with Gasteiger partial charge in [-0.2, -0.15) is 4.98 Å². The van der Waals surface area contributed by atoms with Crippen LogP contribution in [0.15, 0.2) is 48.7 Å². The van der Waals surface area contributed by atoms with Gasteiger partial charge >= 0.3 is 0 Å². The molecule has 0 unspecified atom stereocenters. The highest BCUT2D eigenvalue weighted by atomic mass is 35.5. The van der Waals surface area contributed by atoms with E-state index in [2.05, 4.69) is 41.2 Å². The number of nitrogens with zero attached hydrogens (tertiary/aromatic N) is 4. The number of ether oxygens (including phenoxy) is 2. The Morgan fingerprint density at radius 2 is 1.73 bits per heavy atom. The number of rotatable bonds is 9. The first-order valence-electron chi connectivity index (χ1n) is 13.2. The number of sulfonamides is 1. The molecule has 0 bridgehead atoms. The molecule has 5 rings (SSSR count). The number of halogens is 1. The van der Waals surface area contributed by atoms with Crippen LogP contribution in [0, 0.1) is 0 Å². The minimum Gasteiger partial charge on any atom is -0.494 e. The Labute approximate surface area is 239 Å². The van der Waals surface area contributed by atoms with E-state index in [0.717, 1.165) is 64.2 Å². The van der Waals surface area contributed by atoms with E-state index in [1.165, 1.54) is 6.20 Å². The summed E-state index contributed by atoms with van der Waals surface area (Å²) in [5, 5.41) is 6.59. The molecule has 0 radical (unpaired) electrons. The number of morpholine rings is 1. The van der Waals surface area contributed by atoms with Crippen LogP contribution in [-0.2, 0) is 14.8 Å². The minimum absolute atomic E-state index is 0.280. The van der Waals surface area contributed by atoms with E-state index < -0.39 is 10.0 Å². The second-order valence-electron chi connectivity index (χ2n) is 9.81. The van der Waals surface area contributed by atoms with Gasteiger partial charge in [0.2, 0.25) is 16.0 Å². The molecule has 0 atom stereocenters. The van der Waals surface area contributed by atoms with Crippen molar-refractivity contribution in [3.05, 3.63) is 53.7 Å². The number of aromatic nitrogens is 2. The van der Waals surface area contributed by atoms with E-state index in [1.54, 1.807) is 31.4 Å². The van der Waals surface area contributed by atoms with Crippen LogP contribution in [0.1, 0.15) is 12.8 Å². The average Bonchev–Trinajstić information content (AvgIpc) is 2.96. The van der Waals surface area contributed by atoms with Crippen molar-refractivity contribution in [3.63, 3.8) is 0 Å². The Morgan fingerprint density at radius 3 is 2.42 bits per heavy atom. The summed E-state index contributed by atoms with van der Waals surface area (Å²) in [6.45, 7) is 5.68. The normalized spacial score (nSPS) is 16.9. The van der Waals surface area contributed by atoms with Crippen LogP contribution in [0.5, 0.6) is 5.75 Å². The number of methoxy groups -OCH3 is 1. The van der Waals surface area contributed by atoms with Crippen LogP contribution in [-0.4, -0.2) is 82.1 Å². The van der Waals surface area contributed by atoms with Gasteiger partial charge < -0.3 is 25.0 Å². The van der Waals surface area contributed by atoms with Gasteiger partial charge in [0.25, 0.3) is 0 Å². The third-order valence-electron chi connectivity index (χ3n) is 7.04. The summed E-state index contributed by atoms with van der Waals surface area (Å²) >= 11 is 6.37. The molecule has 0 aliphatic carbocycles.